The second-order valence-electron chi connectivity index (χ2n) is 4.67. The lowest BCUT2D eigenvalue weighted by Crippen LogP contribution is -2.27. The van der Waals surface area contributed by atoms with Crippen molar-refractivity contribution < 1.29 is 4.79 Å². The van der Waals surface area contributed by atoms with Crippen LogP contribution in [-0.4, -0.2) is 29.4 Å². The fraction of sp³-hybridized carbons (Fsp3) is 0.667. The zero-order chi connectivity index (χ0) is 13.1. The Bertz CT molecular complexity index is 383. The number of aromatic nitrogens is 1. The van der Waals surface area contributed by atoms with Gasteiger partial charge in [0.15, 0.2) is 0 Å². The van der Waals surface area contributed by atoms with Crippen LogP contribution < -0.4 is 5.32 Å². The van der Waals surface area contributed by atoms with Gasteiger partial charge in [-0.1, -0.05) is 20.8 Å². The Balaban J connectivity index is 2.81. The van der Waals surface area contributed by atoms with Gasteiger partial charge in [-0.15, -0.1) is 0 Å². The fourth-order valence-corrected chi connectivity index (χ4v) is 2.22. The van der Waals surface area contributed by atoms with Gasteiger partial charge >= 0.3 is 6.03 Å². The molecule has 5 heteroatoms. The Kier molecular flexibility index (Phi) is 4.51. The van der Waals surface area contributed by atoms with Crippen LogP contribution in [0.1, 0.15) is 39.3 Å². The molecule has 0 radical (unpaired) electrons. The monoisotopic (exact) mass is 255 g/mol. The maximum atomic E-state index is 11.5. The van der Waals surface area contributed by atoms with Crippen LogP contribution in [0.2, 0.25) is 0 Å². The molecule has 0 fully saturated rings. The van der Waals surface area contributed by atoms with Crippen LogP contribution in [0.25, 0.3) is 0 Å². The number of nitrogens with one attached hydrogen (secondary N) is 1. The Labute approximate surface area is 107 Å². The van der Waals surface area contributed by atoms with E-state index in [1.54, 1.807) is 14.1 Å². The summed E-state index contributed by atoms with van der Waals surface area (Å²) in [4.78, 5) is 13.0. The molecular weight excluding hydrogens is 234 g/mol. The van der Waals surface area contributed by atoms with Gasteiger partial charge in [0.05, 0.1) is 5.69 Å². The number of urea groups is 1. The molecule has 0 unspecified atom stereocenters. The Hall–Kier alpha value is -1.10. The summed E-state index contributed by atoms with van der Waals surface area (Å²) in [5.41, 5.74) is 1.18. The zero-order valence-electron chi connectivity index (χ0n) is 11.2. The van der Waals surface area contributed by atoms with E-state index in [4.69, 9.17) is 0 Å². The average molecular weight is 255 g/mol. The lowest BCUT2D eigenvalue weighted by Gasteiger charge is -2.23. The van der Waals surface area contributed by atoms with E-state index in [0.717, 1.165) is 23.5 Å². The molecule has 0 saturated heterocycles. The van der Waals surface area contributed by atoms with Gasteiger partial charge < -0.3 is 4.90 Å². The van der Waals surface area contributed by atoms with Gasteiger partial charge in [0, 0.05) is 19.5 Å². The van der Waals surface area contributed by atoms with E-state index in [0.29, 0.717) is 0 Å². The molecule has 0 aliphatic heterocycles. The number of carbonyl (C=O) groups excluding carboxylic acids is 1. The smallest absolute Gasteiger partial charge is 0.321 e. The Morgan fingerprint density at radius 3 is 2.53 bits per heavy atom. The number of hydrogen-bond acceptors (Lipinski definition) is 3. The third-order valence-corrected chi connectivity index (χ3v) is 4.03. The number of hydrogen-bond donors (Lipinski definition) is 1. The van der Waals surface area contributed by atoms with Crippen LogP contribution in [0.4, 0.5) is 9.80 Å². The average Bonchev–Trinajstić information content (AvgIpc) is 2.76. The standard InChI is InChI=1S/C12H21N3OS/c1-6-12(3,7-2)9-8-10(17-14-9)13-11(16)15(4)5/h8H,6-7H2,1-5H3,(H,13,16). The highest BCUT2D eigenvalue weighted by Crippen LogP contribution is 2.33. The highest BCUT2D eigenvalue weighted by Gasteiger charge is 2.25. The largest absolute Gasteiger partial charge is 0.331 e. The maximum absolute atomic E-state index is 11.5. The molecule has 0 saturated carbocycles. The second-order valence-corrected chi connectivity index (χ2v) is 5.47. The molecule has 1 N–H and O–H groups in total. The summed E-state index contributed by atoms with van der Waals surface area (Å²) in [5, 5.41) is 3.64. The minimum atomic E-state index is -0.116. The van der Waals surface area contributed by atoms with E-state index in [1.165, 1.54) is 16.4 Å². The van der Waals surface area contributed by atoms with Crippen molar-refractivity contribution >= 4 is 22.6 Å². The minimum Gasteiger partial charge on any atom is -0.331 e. The molecule has 1 heterocycles. The van der Waals surface area contributed by atoms with Crippen LogP contribution in [0.3, 0.4) is 0 Å². The molecule has 0 aliphatic rings. The second kappa shape index (κ2) is 5.49. The van der Waals surface area contributed by atoms with E-state index in [-0.39, 0.29) is 11.4 Å². The number of nitrogens with zero attached hydrogens (tertiary/aromatic N) is 2. The van der Waals surface area contributed by atoms with Crippen molar-refractivity contribution in [2.45, 2.75) is 39.0 Å². The first-order valence-corrected chi connectivity index (χ1v) is 6.65. The van der Waals surface area contributed by atoms with E-state index < -0.39 is 0 Å². The number of carbonyl (C=O) groups is 1. The summed E-state index contributed by atoms with van der Waals surface area (Å²) >= 11 is 1.34. The molecule has 0 aromatic carbocycles. The fourth-order valence-electron chi connectivity index (χ4n) is 1.45. The van der Waals surface area contributed by atoms with Crippen LogP contribution in [0.15, 0.2) is 6.07 Å². The summed E-state index contributed by atoms with van der Waals surface area (Å²) in [6, 6.07) is 1.87. The number of anilines is 1. The normalized spacial score (nSPS) is 11.4. The summed E-state index contributed by atoms with van der Waals surface area (Å²) in [6.45, 7) is 6.54. The minimum absolute atomic E-state index is 0.109. The van der Waals surface area contributed by atoms with E-state index in [2.05, 4.69) is 30.5 Å². The quantitative estimate of drug-likeness (QED) is 0.897. The van der Waals surface area contributed by atoms with Crippen molar-refractivity contribution in [2.24, 2.45) is 0 Å². The molecule has 2 amide bonds. The van der Waals surface area contributed by atoms with Crippen molar-refractivity contribution in [1.82, 2.24) is 9.27 Å². The van der Waals surface area contributed by atoms with Gasteiger partial charge in [-0.2, -0.15) is 4.37 Å². The predicted octanol–water partition coefficient (Wildman–Crippen LogP) is 3.31. The van der Waals surface area contributed by atoms with Crippen molar-refractivity contribution in [1.29, 1.82) is 0 Å². The highest BCUT2D eigenvalue weighted by molar-refractivity contribution is 7.10. The summed E-state index contributed by atoms with van der Waals surface area (Å²) < 4.78 is 4.45. The van der Waals surface area contributed by atoms with Gasteiger partial charge in [-0.3, -0.25) is 5.32 Å². The first kappa shape index (κ1) is 14.0. The van der Waals surface area contributed by atoms with Crippen LogP contribution in [-0.2, 0) is 5.41 Å². The highest BCUT2D eigenvalue weighted by atomic mass is 32.1. The molecular formula is C12H21N3OS. The number of rotatable bonds is 4. The van der Waals surface area contributed by atoms with Crippen molar-refractivity contribution in [3.8, 4) is 0 Å². The molecule has 4 nitrogen and oxygen atoms in total. The molecule has 17 heavy (non-hydrogen) atoms. The maximum Gasteiger partial charge on any atom is 0.321 e. The van der Waals surface area contributed by atoms with E-state index in [1.807, 2.05) is 6.07 Å². The van der Waals surface area contributed by atoms with E-state index >= 15 is 0 Å². The Morgan fingerprint density at radius 2 is 2.06 bits per heavy atom. The van der Waals surface area contributed by atoms with Gasteiger partial charge in [-0.05, 0) is 30.4 Å². The van der Waals surface area contributed by atoms with Crippen molar-refractivity contribution in [3.63, 3.8) is 0 Å². The lowest BCUT2D eigenvalue weighted by atomic mass is 9.81. The third-order valence-electron chi connectivity index (χ3n) is 3.33. The summed E-state index contributed by atoms with van der Waals surface area (Å²) in [5.74, 6) is 0. The molecule has 1 aromatic rings. The first-order chi connectivity index (χ1) is 7.92. The third kappa shape index (κ3) is 3.19. The molecule has 0 spiro atoms. The number of amides is 2. The van der Waals surface area contributed by atoms with Gasteiger partial charge in [0.1, 0.15) is 5.00 Å². The zero-order valence-corrected chi connectivity index (χ0v) is 12.0. The topological polar surface area (TPSA) is 45.2 Å². The molecule has 96 valence electrons. The van der Waals surface area contributed by atoms with Gasteiger partial charge in [-0.25, -0.2) is 4.79 Å². The molecule has 0 bridgehead atoms. The molecule has 1 rings (SSSR count). The Morgan fingerprint density at radius 1 is 1.47 bits per heavy atom. The molecule has 0 aliphatic carbocycles. The van der Waals surface area contributed by atoms with Gasteiger partial charge in [0.2, 0.25) is 0 Å². The molecule has 1 aromatic heterocycles. The summed E-state index contributed by atoms with van der Waals surface area (Å²) in [6.07, 6.45) is 2.10. The van der Waals surface area contributed by atoms with Crippen LogP contribution in [0.5, 0.6) is 0 Å². The van der Waals surface area contributed by atoms with Crippen LogP contribution >= 0.6 is 11.5 Å². The van der Waals surface area contributed by atoms with Crippen LogP contribution in [0, 0.1) is 0 Å². The SMILES string of the molecule is CCC(C)(CC)c1cc(NC(=O)N(C)C)sn1. The first-order valence-electron chi connectivity index (χ1n) is 5.88. The van der Waals surface area contributed by atoms with Crippen molar-refractivity contribution in [3.05, 3.63) is 11.8 Å². The summed E-state index contributed by atoms with van der Waals surface area (Å²) in [7, 11) is 3.44. The lowest BCUT2D eigenvalue weighted by molar-refractivity contribution is 0.231. The van der Waals surface area contributed by atoms with Crippen molar-refractivity contribution in [2.75, 3.05) is 19.4 Å². The van der Waals surface area contributed by atoms with Gasteiger partial charge in [0.25, 0.3) is 0 Å². The molecule has 0 atom stereocenters. The predicted molar refractivity (Wildman–Crippen MR) is 72.8 cm³/mol. The van der Waals surface area contributed by atoms with E-state index in [9.17, 15) is 4.79 Å².